The lowest BCUT2D eigenvalue weighted by molar-refractivity contribution is -0.144. The van der Waals surface area contributed by atoms with Crippen molar-refractivity contribution in [1.82, 2.24) is 35.4 Å². The zero-order valence-electron chi connectivity index (χ0n) is 43.2. The molecule has 4 atom stereocenters. The van der Waals surface area contributed by atoms with E-state index in [0.717, 1.165) is 78.6 Å². The van der Waals surface area contributed by atoms with Gasteiger partial charge in [0.25, 0.3) is 0 Å². The molecule has 3 aromatic carbocycles. The van der Waals surface area contributed by atoms with Crippen LogP contribution in [0.25, 0.3) is 10.4 Å². The van der Waals surface area contributed by atoms with Crippen molar-refractivity contribution in [3.63, 3.8) is 0 Å². The Labute approximate surface area is 447 Å². The van der Waals surface area contributed by atoms with Crippen molar-refractivity contribution in [3.05, 3.63) is 93.8 Å². The van der Waals surface area contributed by atoms with E-state index in [1.54, 1.807) is 24.5 Å². The number of likely N-dealkylation sites (tertiary alicyclic amines) is 1. The number of rotatable bonds is 19. The number of anilines is 5. The maximum atomic E-state index is 14.2. The van der Waals surface area contributed by atoms with Crippen molar-refractivity contribution >= 4 is 87.0 Å². The van der Waals surface area contributed by atoms with Gasteiger partial charge in [0.05, 0.1) is 48.1 Å². The second kappa shape index (κ2) is 24.9. The number of aliphatic hydroxyl groups excluding tert-OH is 1. The summed E-state index contributed by atoms with van der Waals surface area (Å²) in [6, 6.07) is 16.6. The van der Waals surface area contributed by atoms with Gasteiger partial charge in [0.15, 0.2) is 0 Å². The second-order valence-corrected chi connectivity index (χ2v) is 21.3. The Kier molecular flexibility index (Phi) is 18.6. The SMILES string of the molecule is COc1cc(OC)c(Cl)c(NC(=O)N(C)c2cc(Nc3ccc(N4CCN(CCCCCC(=O)NC(C(=O)N5C[C@H](O)C[C@H]5C(=O)NC(C)c5ccc(-c6scnc6C)cc5)C(C)(C)C)CC4)cc3)ncn2)c1Cl. The van der Waals surface area contributed by atoms with Crippen molar-refractivity contribution in [2.45, 2.75) is 91.0 Å². The molecule has 0 saturated carbocycles. The molecule has 0 bridgehead atoms. The Hall–Kier alpha value is -6.25. The number of aliphatic hydroxyl groups is 1. The molecule has 2 aliphatic heterocycles. The third-order valence-corrected chi connectivity index (χ3v) is 15.2. The number of thiazole rings is 1. The first kappa shape index (κ1) is 55.5. The average Bonchev–Trinajstić information content (AvgIpc) is 4.01. The number of carbonyl (C=O) groups is 4. The number of nitrogens with zero attached hydrogens (tertiary/aromatic N) is 7. The van der Waals surface area contributed by atoms with Gasteiger partial charge in [0.1, 0.15) is 51.6 Å². The quantitative estimate of drug-likeness (QED) is 0.0492. The van der Waals surface area contributed by atoms with Gasteiger partial charge in [-0.05, 0) is 74.0 Å². The number of carbonyl (C=O) groups excluding carboxylic acids is 4. The third-order valence-electron chi connectivity index (χ3n) is 13.4. The average molecular weight is 1070 g/mol. The largest absolute Gasteiger partial charge is 0.495 e. The van der Waals surface area contributed by atoms with Crippen LogP contribution < -0.4 is 40.5 Å². The number of unbranched alkanes of at least 4 members (excludes halogenated alkanes) is 2. The molecule has 2 fully saturated rings. The summed E-state index contributed by atoms with van der Waals surface area (Å²) < 4.78 is 10.6. The fourth-order valence-corrected chi connectivity index (χ4v) is 10.5. The molecule has 5 aromatic rings. The highest BCUT2D eigenvalue weighted by molar-refractivity contribution is 7.13. The van der Waals surface area contributed by atoms with Crippen molar-refractivity contribution < 1.29 is 33.8 Å². The van der Waals surface area contributed by atoms with E-state index in [2.05, 4.69) is 58.2 Å². The van der Waals surface area contributed by atoms with Crippen molar-refractivity contribution in [2.75, 3.05) is 81.0 Å². The highest BCUT2D eigenvalue weighted by Gasteiger charge is 2.44. The number of benzene rings is 3. The van der Waals surface area contributed by atoms with Crippen LogP contribution >= 0.6 is 34.5 Å². The van der Waals surface area contributed by atoms with Crippen molar-refractivity contribution in [2.24, 2.45) is 5.41 Å². The molecule has 4 heterocycles. The van der Waals surface area contributed by atoms with Gasteiger partial charge >= 0.3 is 6.03 Å². The van der Waals surface area contributed by atoms with Gasteiger partial charge in [-0.3, -0.25) is 24.2 Å². The Bertz CT molecular complexity index is 2720. The van der Waals surface area contributed by atoms with Crippen LogP contribution in [0.4, 0.5) is 33.5 Å². The zero-order valence-corrected chi connectivity index (χ0v) is 45.5. The zero-order chi connectivity index (χ0) is 53.3. The van der Waals surface area contributed by atoms with Gasteiger partial charge in [-0.1, -0.05) is 74.7 Å². The molecule has 2 unspecified atom stereocenters. The van der Waals surface area contributed by atoms with Gasteiger partial charge < -0.3 is 45.6 Å². The summed E-state index contributed by atoms with van der Waals surface area (Å²) in [5.74, 6) is 0.462. The van der Waals surface area contributed by atoms with Gasteiger partial charge in [-0.2, -0.15) is 0 Å². The molecule has 0 radical (unpaired) electrons. The van der Waals surface area contributed by atoms with E-state index < -0.39 is 29.6 Å². The molecule has 0 aliphatic carbocycles. The van der Waals surface area contributed by atoms with E-state index in [0.29, 0.717) is 18.1 Å². The van der Waals surface area contributed by atoms with Gasteiger partial charge in [0.2, 0.25) is 17.7 Å². The minimum absolute atomic E-state index is 0.0170. The molecule has 5 N–H and O–H groups in total. The number of β-amino-alcohol motifs (C(OH)–C–C–N with tert-alkyl or cyclic N) is 1. The third kappa shape index (κ3) is 13.7. The molecule has 2 saturated heterocycles. The number of hydrogen-bond acceptors (Lipinski definition) is 14. The van der Waals surface area contributed by atoms with E-state index in [1.807, 2.05) is 76.5 Å². The predicted octanol–water partition coefficient (Wildman–Crippen LogP) is 8.70. The predicted molar refractivity (Wildman–Crippen MR) is 292 cm³/mol. The van der Waals surface area contributed by atoms with Gasteiger partial charge in [0, 0.05) is 76.1 Å². The Morgan fingerprint density at radius 1 is 0.892 bits per heavy atom. The summed E-state index contributed by atoms with van der Waals surface area (Å²) in [6.45, 7) is 14.1. The topological polar surface area (TPSA) is 207 Å². The van der Waals surface area contributed by atoms with Crippen LogP contribution in [-0.4, -0.2) is 132 Å². The van der Waals surface area contributed by atoms with Crippen molar-refractivity contribution in [3.8, 4) is 21.9 Å². The monoisotopic (exact) mass is 1070 g/mol. The minimum atomic E-state index is -0.875. The number of amides is 5. The van der Waals surface area contributed by atoms with Gasteiger partial charge in [-0.25, -0.2) is 19.7 Å². The molecular formula is C53H67Cl2N11O7S. The maximum absolute atomic E-state index is 14.2. The summed E-state index contributed by atoms with van der Waals surface area (Å²) in [5.41, 5.74) is 6.18. The molecule has 0 spiro atoms. The fourth-order valence-electron chi connectivity index (χ4n) is 9.07. The van der Waals surface area contributed by atoms with E-state index in [-0.39, 0.29) is 70.4 Å². The molecular weight excluding hydrogens is 1010 g/mol. The fraction of sp³-hybridized carbons (Fsp3) is 0.453. The minimum Gasteiger partial charge on any atom is -0.495 e. The van der Waals surface area contributed by atoms with Crippen LogP contribution in [-0.2, 0) is 14.4 Å². The highest BCUT2D eigenvalue weighted by Crippen LogP contribution is 2.44. The summed E-state index contributed by atoms with van der Waals surface area (Å²) in [4.78, 5) is 76.1. The Balaban J connectivity index is 0.819. The summed E-state index contributed by atoms with van der Waals surface area (Å²) in [7, 11) is 4.46. The smallest absolute Gasteiger partial charge is 0.327 e. The number of nitrogens with one attached hydrogen (secondary N) is 4. The molecule has 5 amide bonds. The van der Waals surface area contributed by atoms with Gasteiger partial charge in [-0.15, -0.1) is 11.3 Å². The first-order valence-electron chi connectivity index (χ1n) is 24.7. The first-order chi connectivity index (χ1) is 35.3. The number of aromatic nitrogens is 3. The molecule has 2 aromatic heterocycles. The number of piperazine rings is 1. The van der Waals surface area contributed by atoms with Crippen LogP contribution in [0.15, 0.2) is 72.5 Å². The van der Waals surface area contributed by atoms with Crippen LogP contribution in [0.5, 0.6) is 11.5 Å². The number of urea groups is 1. The normalized spacial score (nSPS) is 16.8. The van der Waals surface area contributed by atoms with Crippen LogP contribution in [0.1, 0.15) is 77.1 Å². The van der Waals surface area contributed by atoms with E-state index in [9.17, 15) is 24.3 Å². The highest BCUT2D eigenvalue weighted by atomic mass is 35.5. The molecule has 396 valence electrons. The molecule has 74 heavy (non-hydrogen) atoms. The van der Waals surface area contributed by atoms with E-state index in [4.69, 9.17) is 32.7 Å². The first-order valence-corrected chi connectivity index (χ1v) is 26.4. The van der Waals surface area contributed by atoms with E-state index >= 15 is 0 Å². The van der Waals surface area contributed by atoms with Crippen LogP contribution in [0.2, 0.25) is 10.0 Å². The molecule has 18 nitrogen and oxygen atoms in total. The molecule has 2 aliphatic rings. The summed E-state index contributed by atoms with van der Waals surface area (Å²) in [6.07, 6.45) is 3.40. The Morgan fingerprint density at radius 3 is 2.19 bits per heavy atom. The van der Waals surface area contributed by atoms with E-state index in [1.165, 1.54) is 36.4 Å². The lowest BCUT2D eigenvalue weighted by atomic mass is 9.85. The Morgan fingerprint density at radius 2 is 1.57 bits per heavy atom. The summed E-state index contributed by atoms with van der Waals surface area (Å²) >= 11 is 14.5. The second-order valence-electron chi connectivity index (χ2n) is 19.7. The standard InChI is InChI=1S/C53H67Cl2N11O7S/c1-32(34-13-15-35(16-14-34)48-33(2)58-31-74-48)59-50(69)39-26-38(67)29-66(39)51(70)49(53(3,4)5)61-44(68)12-10-9-11-21-64-22-24-65(25-23-64)37-19-17-36(18-20-37)60-42-28-43(57-30-56-42)63(6)52(71)62-47-45(54)40(72-7)27-41(73-8)46(47)55/h13-20,27-28,30-32,38-39,49,67H,9-12,21-26,29H2,1-8H3,(H,59,69)(H,61,68)(H,62,71)(H,56,57,60)/t32?,38-,39+,49?/m1/s1. The number of aryl methyl sites for hydroxylation is 1. The number of ether oxygens (including phenoxy) is 2. The summed E-state index contributed by atoms with van der Waals surface area (Å²) in [5, 5.41) is 23.0. The van der Waals surface area contributed by atoms with Crippen LogP contribution in [0, 0.1) is 12.3 Å². The molecule has 21 heteroatoms. The van der Waals surface area contributed by atoms with Crippen molar-refractivity contribution in [1.29, 1.82) is 0 Å². The lowest BCUT2D eigenvalue weighted by Gasteiger charge is -2.36. The maximum Gasteiger partial charge on any atom is 0.327 e. The molecule has 7 rings (SSSR count). The number of halogens is 2. The van der Waals surface area contributed by atoms with Crippen LogP contribution in [0.3, 0.4) is 0 Å². The lowest BCUT2D eigenvalue weighted by Crippen LogP contribution is -2.57. The number of hydrogen-bond donors (Lipinski definition) is 5. The number of methoxy groups -OCH3 is 2.